The molecule has 2 rings (SSSR count). The van der Waals surface area contributed by atoms with E-state index in [1.54, 1.807) is 12.1 Å². The molecule has 26 heavy (non-hydrogen) atoms. The van der Waals surface area contributed by atoms with Gasteiger partial charge in [0.2, 0.25) is 5.91 Å². The van der Waals surface area contributed by atoms with E-state index in [2.05, 4.69) is 16.0 Å². The molecular formula is C16H13ClN4O5. The van der Waals surface area contributed by atoms with Gasteiger partial charge in [-0.2, -0.15) is 0 Å². The monoisotopic (exact) mass is 376 g/mol. The van der Waals surface area contributed by atoms with Crippen molar-refractivity contribution in [3.8, 4) is 0 Å². The Bertz CT molecular complexity index is 883. The minimum absolute atomic E-state index is 0.0522. The van der Waals surface area contributed by atoms with Crippen molar-refractivity contribution < 1.29 is 19.3 Å². The standard InChI is InChI=1S/C16H13ClN4O5/c1-9(22)18-10-2-4-11(5-3-10)19-15(23)16(24)20-14-8-12(21(25)26)6-7-13(14)17/h2-8H,1H3,(H,18,22)(H,19,23)(H,20,24). The summed E-state index contributed by atoms with van der Waals surface area (Å²) in [5, 5.41) is 18.0. The van der Waals surface area contributed by atoms with Gasteiger partial charge >= 0.3 is 11.8 Å². The Morgan fingerprint density at radius 3 is 2.00 bits per heavy atom. The van der Waals surface area contributed by atoms with Crippen molar-refractivity contribution in [2.45, 2.75) is 6.92 Å². The van der Waals surface area contributed by atoms with E-state index >= 15 is 0 Å². The number of nitrogens with zero attached hydrogens (tertiary/aromatic N) is 1. The summed E-state index contributed by atoms with van der Waals surface area (Å²) in [6, 6.07) is 9.56. The summed E-state index contributed by atoms with van der Waals surface area (Å²) in [6.07, 6.45) is 0. The normalized spacial score (nSPS) is 9.92. The first-order valence-corrected chi connectivity index (χ1v) is 7.58. The fourth-order valence-electron chi connectivity index (χ4n) is 1.93. The van der Waals surface area contributed by atoms with E-state index in [4.69, 9.17) is 11.6 Å². The van der Waals surface area contributed by atoms with E-state index in [1.807, 2.05) is 0 Å². The summed E-state index contributed by atoms with van der Waals surface area (Å²) < 4.78 is 0. The number of carbonyl (C=O) groups excluding carboxylic acids is 3. The molecule has 0 aliphatic rings. The average molecular weight is 377 g/mol. The van der Waals surface area contributed by atoms with Crippen LogP contribution in [0, 0.1) is 10.1 Å². The highest BCUT2D eigenvalue weighted by atomic mass is 35.5. The molecule has 9 nitrogen and oxygen atoms in total. The van der Waals surface area contributed by atoms with E-state index in [-0.39, 0.29) is 22.3 Å². The van der Waals surface area contributed by atoms with Crippen molar-refractivity contribution >= 4 is 52.1 Å². The predicted octanol–water partition coefficient (Wildman–Crippen LogP) is 2.78. The zero-order valence-electron chi connectivity index (χ0n) is 13.4. The molecule has 0 aliphatic heterocycles. The van der Waals surface area contributed by atoms with Crippen molar-refractivity contribution in [1.29, 1.82) is 0 Å². The Morgan fingerprint density at radius 2 is 1.46 bits per heavy atom. The smallest absolute Gasteiger partial charge is 0.314 e. The molecule has 0 aromatic heterocycles. The fraction of sp³-hybridized carbons (Fsp3) is 0.0625. The van der Waals surface area contributed by atoms with E-state index in [0.29, 0.717) is 11.4 Å². The van der Waals surface area contributed by atoms with Crippen LogP contribution in [0.4, 0.5) is 22.7 Å². The van der Waals surface area contributed by atoms with Crippen molar-refractivity contribution in [1.82, 2.24) is 0 Å². The van der Waals surface area contributed by atoms with Crippen LogP contribution in [-0.4, -0.2) is 22.6 Å². The third-order valence-electron chi connectivity index (χ3n) is 3.08. The molecule has 0 radical (unpaired) electrons. The summed E-state index contributed by atoms with van der Waals surface area (Å²) in [4.78, 5) is 45.0. The molecule has 3 amide bonds. The van der Waals surface area contributed by atoms with Gasteiger partial charge in [0.25, 0.3) is 5.69 Å². The number of hydrogen-bond donors (Lipinski definition) is 3. The van der Waals surface area contributed by atoms with Crippen LogP contribution in [0.2, 0.25) is 5.02 Å². The van der Waals surface area contributed by atoms with Gasteiger partial charge in [0.05, 0.1) is 15.6 Å². The summed E-state index contributed by atoms with van der Waals surface area (Å²) in [5.74, 6) is -2.27. The first-order valence-electron chi connectivity index (χ1n) is 7.20. The molecule has 3 N–H and O–H groups in total. The van der Waals surface area contributed by atoms with Crippen LogP contribution in [0.1, 0.15) is 6.92 Å². The molecular weight excluding hydrogens is 364 g/mol. The number of rotatable bonds is 4. The SMILES string of the molecule is CC(=O)Nc1ccc(NC(=O)C(=O)Nc2cc([N+](=O)[O-])ccc2Cl)cc1. The minimum Gasteiger partial charge on any atom is -0.326 e. The molecule has 0 heterocycles. The molecule has 2 aromatic carbocycles. The number of nitro benzene ring substituents is 1. The lowest BCUT2D eigenvalue weighted by molar-refractivity contribution is -0.384. The van der Waals surface area contributed by atoms with Crippen LogP contribution in [-0.2, 0) is 14.4 Å². The van der Waals surface area contributed by atoms with Gasteiger partial charge < -0.3 is 16.0 Å². The molecule has 0 saturated heterocycles. The largest absolute Gasteiger partial charge is 0.326 e. The highest BCUT2D eigenvalue weighted by molar-refractivity contribution is 6.44. The van der Waals surface area contributed by atoms with E-state index < -0.39 is 16.7 Å². The third kappa shape index (κ3) is 5.02. The summed E-state index contributed by atoms with van der Waals surface area (Å²) >= 11 is 5.87. The Kier molecular flexibility index (Phi) is 5.86. The summed E-state index contributed by atoms with van der Waals surface area (Å²) in [6.45, 7) is 1.36. The Morgan fingerprint density at radius 1 is 0.923 bits per heavy atom. The predicted molar refractivity (Wildman–Crippen MR) is 96.1 cm³/mol. The maximum absolute atomic E-state index is 12.0. The van der Waals surface area contributed by atoms with E-state index in [1.165, 1.54) is 31.2 Å². The second kappa shape index (κ2) is 8.08. The van der Waals surface area contributed by atoms with Gasteiger partial charge in [-0.05, 0) is 30.3 Å². The Balaban J connectivity index is 2.04. The molecule has 10 heteroatoms. The summed E-state index contributed by atoms with van der Waals surface area (Å²) in [5.41, 5.74) is 0.522. The maximum Gasteiger partial charge on any atom is 0.314 e. The van der Waals surface area contributed by atoms with E-state index in [9.17, 15) is 24.5 Å². The Hall–Kier alpha value is -3.46. The number of carbonyl (C=O) groups is 3. The average Bonchev–Trinajstić information content (AvgIpc) is 2.57. The lowest BCUT2D eigenvalue weighted by Gasteiger charge is -2.08. The second-order valence-corrected chi connectivity index (χ2v) is 5.50. The number of amides is 3. The first kappa shape index (κ1) is 18.9. The topological polar surface area (TPSA) is 130 Å². The number of halogens is 1. The van der Waals surface area contributed by atoms with Crippen LogP contribution in [0.3, 0.4) is 0 Å². The molecule has 0 unspecified atom stereocenters. The zero-order valence-corrected chi connectivity index (χ0v) is 14.2. The van der Waals surface area contributed by atoms with Crippen LogP contribution in [0.25, 0.3) is 0 Å². The highest BCUT2D eigenvalue weighted by Gasteiger charge is 2.17. The zero-order chi connectivity index (χ0) is 19.3. The van der Waals surface area contributed by atoms with Crippen LogP contribution in [0.15, 0.2) is 42.5 Å². The van der Waals surface area contributed by atoms with Gasteiger partial charge in [0.1, 0.15) is 0 Å². The quantitative estimate of drug-likeness (QED) is 0.429. The molecule has 0 fully saturated rings. The summed E-state index contributed by atoms with van der Waals surface area (Å²) in [7, 11) is 0. The second-order valence-electron chi connectivity index (χ2n) is 5.09. The van der Waals surface area contributed by atoms with Gasteiger partial charge in [0, 0.05) is 30.4 Å². The first-order chi connectivity index (χ1) is 12.3. The molecule has 2 aromatic rings. The molecule has 0 spiro atoms. The van der Waals surface area contributed by atoms with Gasteiger partial charge in [-0.1, -0.05) is 11.6 Å². The van der Waals surface area contributed by atoms with Crippen molar-refractivity contribution in [2.24, 2.45) is 0 Å². The van der Waals surface area contributed by atoms with E-state index in [0.717, 1.165) is 6.07 Å². The molecule has 0 atom stereocenters. The number of hydrogen-bond acceptors (Lipinski definition) is 5. The van der Waals surface area contributed by atoms with Crippen LogP contribution >= 0.6 is 11.6 Å². The number of anilines is 3. The molecule has 134 valence electrons. The number of non-ortho nitro benzene ring substituents is 1. The van der Waals surface area contributed by atoms with Crippen molar-refractivity contribution in [2.75, 3.05) is 16.0 Å². The number of nitrogens with one attached hydrogen (secondary N) is 3. The lowest BCUT2D eigenvalue weighted by atomic mass is 10.2. The lowest BCUT2D eigenvalue weighted by Crippen LogP contribution is -2.29. The molecule has 0 aliphatic carbocycles. The number of benzene rings is 2. The van der Waals surface area contributed by atoms with Crippen molar-refractivity contribution in [3.63, 3.8) is 0 Å². The van der Waals surface area contributed by atoms with Gasteiger partial charge in [-0.25, -0.2) is 0 Å². The Labute approximate surface area is 152 Å². The number of nitro groups is 1. The van der Waals surface area contributed by atoms with Gasteiger partial charge in [0.15, 0.2) is 0 Å². The van der Waals surface area contributed by atoms with Gasteiger partial charge in [-0.3, -0.25) is 24.5 Å². The molecule has 0 bridgehead atoms. The maximum atomic E-state index is 12.0. The fourth-order valence-corrected chi connectivity index (χ4v) is 2.09. The van der Waals surface area contributed by atoms with Crippen LogP contribution < -0.4 is 16.0 Å². The minimum atomic E-state index is -1.04. The molecule has 0 saturated carbocycles. The van der Waals surface area contributed by atoms with Crippen LogP contribution in [0.5, 0.6) is 0 Å². The third-order valence-corrected chi connectivity index (χ3v) is 3.41. The van der Waals surface area contributed by atoms with Gasteiger partial charge in [-0.15, -0.1) is 0 Å². The van der Waals surface area contributed by atoms with Crippen molar-refractivity contribution in [3.05, 3.63) is 57.6 Å². The highest BCUT2D eigenvalue weighted by Crippen LogP contribution is 2.26.